The number of hydrogen-bond acceptors (Lipinski definition) is 7. The first kappa shape index (κ1) is 18.0. The second-order valence-corrected chi connectivity index (χ2v) is 8.49. The zero-order valence-corrected chi connectivity index (χ0v) is 16.6. The molecule has 1 aliphatic heterocycles. The van der Waals surface area contributed by atoms with Gasteiger partial charge in [-0.1, -0.05) is 0 Å². The number of carbonyl (C=O) groups is 1. The van der Waals surface area contributed by atoms with Gasteiger partial charge in [0.15, 0.2) is 5.65 Å². The number of carbonyl (C=O) groups excluding carboxylic acids is 1. The Hall–Kier alpha value is -2.10. The lowest BCUT2D eigenvalue weighted by Gasteiger charge is -2.26. The van der Waals surface area contributed by atoms with Crippen LogP contribution >= 0.6 is 11.3 Å². The molecule has 4 heterocycles. The summed E-state index contributed by atoms with van der Waals surface area (Å²) in [6.45, 7) is 5.12. The molecule has 148 valence electrons. The van der Waals surface area contributed by atoms with Crippen LogP contribution in [0.3, 0.4) is 0 Å². The van der Waals surface area contributed by atoms with Crippen LogP contribution in [0.15, 0.2) is 6.33 Å². The molecule has 8 nitrogen and oxygen atoms in total. The summed E-state index contributed by atoms with van der Waals surface area (Å²) >= 11 is 1.76. The Morgan fingerprint density at radius 1 is 1.25 bits per heavy atom. The highest BCUT2D eigenvalue weighted by atomic mass is 32.1. The highest BCUT2D eigenvalue weighted by Gasteiger charge is 2.22. The molecule has 28 heavy (non-hydrogen) atoms. The van der Waals surface area contributed by atoms with Crippen LogP contribution in [0, 0.1) is 0 Å². The molecule has 1 fully saturated rings. The minimum atomic E-state index is -0.220. The van der Waals surface area contributed by atoms with E-state index in [-0.39, 0.29) is 11.7 Å². The summed E-state index contributed by atoms with van der Waals surface area (Å²) in [5, 5.41) is 8.40. The van der Waals surface area contributed by atoms with Crippen molar-refractivity contribution in [1.29, 1.82) is 0 Å². The third kappa shape index (κ3) is 3.38. The molecular formula is C19H24N6O2S. The van der Waals surface area contributed by atoms with Crippen LogP contribution in [0.4, 0.5) is 0 Å². The van der Waals surface area contributed by atoms with Crippen molar-refractivity contribution in [3.05, 3.63) is 22.6 Å². The fourth-order valence-electron chi connectivity index (χ4n) is 4.06. The van der Waals surface area contributed by atoms with Gasteiger partial charge >= 0.3 is 0 Å². The van der Waals surface area contributed by atoms with Gasteiger partial charge in [0.1, 0.15) is 11.2 Å². The lowest BCUT2D eigenvalue weighted by Crippen LogP contribution is -2.38. The monoisotopic (exact) mass is 400 g/mol. The zero-order chi connectivity index (χ0) is 18.9. The number of nitrogens with one attached hydrogen (secondary N) is 1. The van der Waals surface area contributed by atoms with Gasteiger partial charge in [0.25, 0.3) is 5.91 Å². The minimum absolute atomic E-state index is 0.219. The number of ether oxygens (including phenoxy) is 1. The third-order valence-corrected chi connectivity index (χ3v) is 6.74. The van der Waals surface area contributed by atoms with E-state index in [2.05, 4.69) is 25.3 Å². The average molecular weight is 401 g/mol. The summed E-state index contributed by atoms with van der Waals surface area (Å²) in [5.74, 6) is -0.000596. The van der Waals surface area contributed by atoms with Gasteiger partial charge in [-0.3, -0.25) is 9.69 Å². The normalized spacial score (nSPS) is 17.9. The summed E-state index contributed by atoms with van der Waals surface area (Å²) in [5.41, 5.74) is 2.11. The first-order valence-corrected chi connectivity index (χ1v) is 10.8. The summed E-state index contributed by atoms with van der Waals surface area (Å²) in [6, 6.07) is 0. The van der Waals surface area contributed by atoms with E-state index in [4.69, 9.17) is 4.74 Å². The SMILES string of the molecule is O=C(NCCCN1CCOCC1)c1nc2c3c4c(sc3ncn2n1)CCCC4. The molecule has 0 unspecified atom stereocenters. The molecule has 3 aromatic heterocycles. The maximum Gasteiger partial charge on any atom is 0.290 e. The fraction of sp³-hybridized carbons (Fsp3) is 0.579. The van der Waals surface area contributed by atoms with Crippen molar-refractivity contribution in [2.45, 2.75) is 32.1 Å². The Morgan fingerprint density at radius 2 is 2.11 bits per heavy atom. The Kier molecular flexibility index (Phi) is 4.96. The molecular weight excluding hydrogens is 376 g/mol. The lowest BCUT2D eigenvalue weighted by molar-refractivity contribution is 0.0374. The number of aryl methyl sites for hydroxylation is 2. The summed E-state index contributed by atoms with van der Waals surface area (Å²) < 4.78 is 7.00. The van der Waals surface area contributed by atoms with Gasteiger partial charge in [0, 0.05) is 24.5 Å². The molecule has 5 rings (SSSR count). The molecule has 0 radical (unpaired) electrons. The second-order valence-electron chi connectivity index (χ2n) is 7.40. The molecule has 0 atom stereocenters. The van der Waals surface area contributed by atoms with Gasteiger partial charge in [-0.25, -0.2) is 14.5 Å². The number of fused-ring (bicyclic) bond motifs is 5. The summed E-state index contributed by atoms with van der Waals surface area (Å²) in [7, 11) is 0. The van der Waals surface area contributed by atoms with E-state index in [0.29, 0.717) is 6.54 Å². The predicted molar refractivity (Wildman–Crippen MR) is 107 cm³/mol. The van der Waals surface area contributed by atoms with E-state index >= 15 is 0 Å². The van der Waals surface area contributed by atoms with E-state index in [0.717, 1.165) is 68.0 Å². The maximum absolute atomic E-state index is 12.5. The number of nitrogens with zero attached hydrogens (tertiary/aromatic N) is 5. The van der Waals surface area contributed by atoms with Crippen molar-refractivity contribution < 1.29 is 9.53 Å². The molecule has 1 saturated heterocycles. The Labute approximate surface area is 166 Å². The molecule has 0 saturated carbocycles. The topological polar surface area (TPSA) is 84.7 Å². The highest BCUT2D eigenvalue weighted by molar-refractivity contribution is 7.19. The number of hydrogen-bond donors (Lipinski definition) is 1. The van der Waals surface area contributed by atoms with E-state index in [1.54, 1.807) is 22.2 Å². The van der Waals surface area contributed by atoms with Gasteiger partial charge in [0.05, 0.1) is 18.6 Å². The second kappa shape index (κ2) is 7.73. The molecule has 0 aromatic carbocycles. The van der Waals surface area contributed by atoms with Gasteiger partial charge in [0.2, 0.25) is 5.82 Å². The molecule has 3 aromatic rings. The molecule has 9 heteroatoms. The van der Waals surface area contributed by atoms with Gasteiger partial charge < -0.3 is 10.1 Å². The number of aromatic nitrogens is 4. The van der Waals surface area contributed by atoms with Gasteiger partial charge in [-0.2, -0.15) is 0 Å². The summed E-state index contributed by atoms with van der Waals surface area (Å²) in [6.07, 6.45) is 7.19. The van der Waals surface area contributed by atoms with Gasteiger partial charge in [-0.05, 0) is 44.2 Å². The zero-order valence-electron chi connectivity index (χ0n) is 15.8. The maximum atomic E-state index is 12.5. The van der Waals surface area contributed by atoms with Crippen LogP contribution in [-0.2, 0) is 17.6 Å². The highest BCUT2D eigenvalue weighted by Crippen LogP contribution is 2.36. The largest absolute Gasteiger partial charge is 0.379 e. The van der Waals surface area contributed by atoms with E-state index < -0.39 is 0 Å². The molecule has 0 bridgehead atoms. The average Bonchev–Trinajstić information content (AvgIpc) is 3.32. The van der Waals surface area contributed by atoms with E-state index in [1.807, 2.05) is 0 Å². The van der Waals surface area contributed by atoms with Crippen molar-refractivity contribution >= 4 is 33.1 Å². The van der Waals surface area contributed by atoms with E-state index in [9.17, 15) is 4.79 Å². The van der Waals surface area contributed by atoms with Crippen LogP contribution in [0.1, 0.15) is 40.3 Å². The lowest BCUT2D eigenvalue weighted by atomic mass is 9.97. The van der Waals surface area contributed by atoms with E-state index in [1.165, 1.54) is 23.3 Å². The number of amides is 1. The molecule has 2 aliphatic rings. The van der Waals surface area contributed by atoms with Crippen LogP contribution < -0.4 is 5.32 Å². The minimum Gasteiger partial charge on any atom is -0.379 e. The molecule has 1 amide bonds. The Balaban J connectivity index is 1.29. The molecule has 1 aliphatic carbocycles. The molecule has 0 spiro atoms. The summed E-state index contributed by atoms with van der Waals surface area (Å²) in [4.78, 5) is 26.4. The van der Waals surface area contributed by atoms with Crippen LogP contribution in [0.25, 0.3) is 15.9 Å². The number of morpholine rings is 1. The van der Waals surface area contributed by atoms with Gasteiger partial charge in [-0.15, -0.1) is 16.4 Å². The Morgan fingerprint density at radius 3 is 3.00 bits per heavy atom. The third-order valence-electron chi connectivity index (χ3n) is 5.54. The van der Waals surface area contributed by atoms with Crippen LogP contribution in [0.5, 0.6) is 0 Å². The van der Waals surface area contributed by atoms with Crippen molar-refractivity contribution in [3.8, 4) is 0 Å². The number of rotatable bonds is 5. The molecule has 1 N–H and O–H groups in total. The Bertz CT molecular complexity index is 1010. The quantitative estimate of drug-likeness (QED) is 0.656. The number of thiophene rings is 1. The van der Waals surface area contributed by atoms with Crippen molar-refractivity contribution in [2.75, 3.05) is 39.4 Å². The van der Waals surface area contributed by atoms with Crippen molar-refractivity contribution in [3.63, 3.8) is 0 Å². The smallest absolute Gasteiger partial charge is 0.290 e. The standard InChI is InChI=1S/C19H24N6O2S/c26-18(20-6-3-7-24-8-10-27-11-9-24)16-22-17-15-13-4-1-2-5-14(13)28-19(15)21-12-25(17)23-16/h12H,1-11H2,(H,20,26). The first-order chi connectivity index (χ1) is 13.8. The van der Waals surface area contributed by atoms with Crippen LogP contribution in [0.2, 0.25) is 0 Å². The first-order valence-electron chi connectivity index (χ1n) is 10.0. The predicted octanol–water partition coefficient (Wildman–Crippen LogP) is 1.67. The fourth-order valence-corrected chi connectivity index (χ4v) is 5.28. The van der Waals surface area contributed by atoms with Crippen LogP contribution in [-0.4, -0.2) is 69.8 Å². The van der Waals surface area contributed by atoms with Crippen molar-refractivity contribution in [2.24, 2.45) is 0 Å². The van der Waals surface area contributed by atoms with Crippen molar-refractivity contribution in [1.82, 2.24) is 29.8 Å².